The molecule has 0 atom stereocenters. The molecule has 86 valence electrons. The van der Waals surface area contributed by atoms with E-state index in [1.807, 2.05) is 41.4 Å². The number of carbonyl (C=O) groups is 1. The summed E-state index contributed by atoms with van der Waals surface area (Å²) < 4.78 is 0. The van der Waals surface area contributed by atoms with Crippen molar-refractivity contribution in [1.82, 2.24) is 4.90 Å². The van der Waals surface area contributed by atoms with E-state index in [9.17, 15) is 9.70 Å². The first-order valence-electron chi connectivity index (χ1n) is 5.32. The van der Waals surface area contributed by atoms with Crippen LogP contribution in [0.1, 0.15) is 5.56 Å². The second kappa shape index (κ2) is 5.21. The molecule has 0 saturated heterocycles. The second-order valence-electron chi connectivity index (χ2n) is 3.82. The number of carbonyl (C=O) groups excluding carboxylic acids is 1. The van der Waals surface area contributed by atoms with Crippen LogP contribution < -0.4 is 0 Å². The number of nitrogens with zero attached hydrogens (tertiary/aromatic N) is 2. The molecule has 0 aromatic heterocycles. The van der Waals surface area contributed by atoms with Gasteiger partial charge in [0.15, 0.2) is 0 Å². The minimum absolute atomic E-state index is 0.427. The molecule has 0 radical (unpaired) electrons. The Balaban J connectivity index is 2.02. The van der Waals surface area contributed by atoms with Gasteiger partial charge >= 0.3 is 5.91 Å². The van der Waals surface area contributed by atoms with Crippen molar-refractivity contribution in [3.63, 3.8) is 0 Å². The highest BCUT2D eigenvalue weighted by atomic mass is 16.3. The van der Waals surface area contributed by atoms with Crippen LogP contribution in [0.25, 0.3) is 0 Å². The highest BCUT2D eigenvalue weighted by Crippen LogP contribution is 2.12. The Morgan fingerprint density at radius 3 is 2.76 bits per heavy atom. The van der Waals surface area contributed by atoms with Crippen molar-refractivity contribution in [1.29, 1.82) is 0 Å². The third-order valence-electron chi connectivity index (χ3n) is 2.55. The molecule has 0 bridgehead atoms. The number of amides is 1. The van der Waals surface area contributed by atoms with Crippen molar-refractivity contribution in [2.45, 2.75) is 6.54 Å². The normalized spacial score (nSPS) is 14.4. The molecule has 0 N–H and O–H groups in total. The van der Waals surface area contributed by atoms with Gasteiger partial charge in [-0.15, -0.1) is 4.91 Å². The predicted molar refractivity (Wildman–Crippen MR) is 64.9 cm³/mol. The average molecular weight is 228 g/mol. The van der Waals surface area contributed by atoms with Crippen molar-refractivity contribution in [2.75, 3.05) is 6.54 Å². The van der Waals surface area contributed by atoms with Gasteiger partial charge in [-0.1, -0.05) is 36.4 Å². The molecule has 0 spiro atoms. The molecule has 1 aromatic rings. The molecule has 1 heterocycles. The fraction of sp³-hybridized carbons (Fsp3) is 0.154. The first-order chi connectivity index (χ1) is 8.29. The molecule has 0 saturated carbocycles. The van der Waals surface area contributed by atoms with Crippen LogP contribution in [0.2, 0.25) is 0 Å². The van der Waals surface area contributed by atoms with Gasteiger partial charge < -0.3 is 4.90 Å². The summed E-state index contributed by atoms with van der Waals surface area (Å²) in [5.41, 5.74) is 1.59. The summed E-state index contributed by atoms with van der Waals surface area (Å²) in [5.74, 6) is -0.688. The van der Waals surface area contributed by atoms with Crippen LogP contribution >= 0.6 is 0 Å². The van der Waals surface area contributed by atoms with E-state index >= 15 is 0 Å². The van der Waals surface area contributed by atoms with Gasteiger partial charge in [0.25, 0.3) is 0 Å². The van der Waals surface area contributed by atoms with Gasteiger partial charge in [0.05, 0.1) is 0 Å². The average Bonchev–Trinajstić information content (AvgIpc) is 2.39. The van der Waals surface area contributed by atoms with Crippen LogP contribution in [0, 0.1) is 4.91 Å². The minimum Gasteiger partial charge on any atom is -0.369 e. The lowest BCUT2D eigenvalue weighted by atomic mass is 10.1. The summed E-state index contributed by atoms with van der Waals surface area (Å²) in [6, 6.07) is 9.94. The van der Waals surface area contributed by atoms with Crippen LogP contribution in [0.3, 0.4) is 0 Å². The zero-order valence-electron chi connectivity index (χ0n) is 9.24. The fourth-order valence-corrected chi connectivity index (χ4v) is 1.73. The summed E-state index contributed by atoms with van der Waals surface area (Å²) in [6.07, 6.45) is 5.28. The SMILES string of the molecule is O=NC(=O)C1=CC=CN(Cc2ccccc2)C1. The quantitative estimate of drug-likeness (QED) is 0.745. The van der Waals surface area contributed by atoms with Gasteiger partial charge in [0.1, 0.15) is 0 Å². The van der Waals surface area contributed by atoms with Crippen molar-refractivity contribution in [3.8, 4) is 0 Å². The lowest BCUT2D eigenvalue weighted by Crippen LogP contribution is -2.24. The predicted octanol–water partition coefficient (Wildman–Crippen LogP) is 2.24. The number of benzene rings is 1. The van der Waals surface area contributed by atoms with Gasteiger partial charge in [0.2, 0.25) is 0 Å². The minimum atomic E-state index is -0.688. The monoisotopic (exact) mass is 228 g/mol. The highest BCUT2D eigenvalue weighted by Gasteiger charge is 2.14. The smallest absolute Gasteiger partial charge is 0.314 e. The Bertz CT molecular complexity index is 477. The lowest BCUT2D eigenvalue weighted by Gasteiger charge is -2.23. The molecule has 1 amide bonds. The molecular weight excluding hydrogens is 216 g/mol. The van der Waals surface area contributed by atoms with Crippen molar-refractivity contribution < 1.29 is 4.79 Å². The molecule has 0 unspecified atom stereocenters. The van der Waals surface area contributed by atoms with Crippen LogP contribution in [0.15, 0.2) is 59.4 Å². The van der Waals surface area contributed by atoms with Gasteiger partial charge in [-0.2, -0.15) is 0 Å². The maximum Gasteiger partial charge on any atom is 0.314 e. The summed E-state index contributed by atoms with van der Waals surface area (Å²) in [6.45, 7) is 1.14. The maximum atomic E-state index is 11.2. The molecular formula is C13H12N2O2. The maximum absolute atomic E-state index is 11.2. The van der Waals surface area contributed by atoms with Gasteiger partial charge in [-0.25, -0.2) is 0 Å². The number of hydrogen-bond donors (Lipinski definition) is 0. The standard InChI is InChI=1S/C13H12N2O2/c16-13(14-17)12-7-4-8-15(10-12)9-11-5-2-1-3-6-11/h1-8H,9-10H2. The Morgan fingerprint density at radius 2 is 2.06 bits per heavy atom. The molecule has 17 heavy (non-hydrogen) atoms. The van der Waals surface area contributed by atoms with Crippen LogP contribution in [-0.4, -0.2) is 17.4 Å². The van der Waals surface area contributed by atoms with E-state index in [2.05, 4.69) is 5.18 Å². The van der Waals surface area contributed by atoms with E-state index in [1.54, 1.807) is 12.2 Å². The number of nitroso groups, excluding NO2 is 1. The van der Waals surface area contributed by atoms with E-state index in [1.165, 1.54) is 0 Å². The highest BCUT2D eigenvalue weighted by molar-refractivity contribution is 5.94. The molecule has 4 nitrogen and oxygen atoms in total. The molecule has 0 aliphatic carbocycles. The second-order valence-corrected chi connectivity index (χ2v) is 3.82. The first kappa shape index (κ1) is 11.3. The summed E-state index contributed by atoms with van der Waals surface area (Å²) >= 11 is 0. The van der Waals surface area contributed by atoms with Crippen molar-refractivity contribution >= 4 is 5.91 Å². The van der Waals surface area contributed by atoms with Crippen LogP contribution in [0.4, 0.5) is 0 Å². The van der Waals surface area contributed by atoms with E-state index in [0.717, 1.165) is 5.56 Å². The summed E-state index contributed by atoms with van der Waals surface area (Å²) in [5, 5.41) is 2.44. The number of hydrogen-bond acceptors (Lipinski definition) is 3. The van der Waals surface area contributed by atoms with Gasteiger partial charge in [-0.05, 0) is 17.8 Å². The lowest BCUT2D eigenvalue weighted by molar-refractivity contribution is -0.114. The zero-order valence-corrected chi connectivity index (χ0v) is 9.24. The number of rotatable bonds is 3. The molecule has 0 fully saturated rings. The van der Waals surface area contributed by atoms with Crippen molar-refractivity contribution in [2.24, 2.45) is 5.18 Å². The molecule has 4 heteroatoms. The van der Waals surface area contributed by atoms with Crippen LogP contribution in [0.5, 0.6) is 0 Å². The first-order valence-corrected chi connectivity index (χ1v) is 5.32. The largest absolute Gasteiger partial charge is 0.369 e. The van der Waals surface area contributed by atoms with E-state index in [0.29, 0.717) is 18.7 Å². The summed E-state index contributed by atoms with van der Waals surface area (Å²) in [4.78, 5) is 23.3. The molecule has 2 rings (SSSR count). The Hall–Kier alpha value is -2.23. The fourth-order valence-electron chi connectivity index (χ4n) is 1.73. The van der Waals surface area contributed by atoms with E-state index < -0.39 is 5.91 Å². The van der Waals surface area contributed by atoms with Crippen LogP contribution in [-0.2, 0) is 11.3 Å². The number of allylic oxidation sites excluding steroid dienone is 2. The van der Waals surface area contributed by atoms with Crippen molar-refractivity contribution in [3.05, 3.63) is 64.7 Å². The van der Waals surface area contributed by atoms with E-state index in [4.69, 9.17) is 0 Å². The Kier molecular flexibility index (Phi) is 3.45. The third kappa shape index (κ3) is 2.87. The molecule has 1 aromatic carbocycles. The zero-order chi connectivity index (χ0) is 12.1. The van der Waals surface area contributed by atoms with E-state index in [-0.39, 0.29) is 0 Å². The Morgan fingerprint density at radius 1 is 1.29 bits per heavy atom. The molecule has 1 aliphatic rings. The third-order valence-corrected chi connectivity index (χ3v) is 2.55. The summed E-state index contributed by atoms with van der Waals surface area (Å²) in [7, 11) is 0. The van der Waals surface area contributed by atoms with Gasteiger partial charge in [0, 0.05) is 23.8 Å². The molecule has 1 aliphatic heterocycles. The van der Waals surface area contributed by atoms with Gasteiger partial charge in [-0.3, -0.25) is 4.79 Å². The topological polar surface area (TPSA) is 49.7 Å². The Labute approximate surface area is 99.2 Å².